The Morgan fingerprint density at radius 1 is 1.02 bits per heavy atom. The van der Waals surface area contributed by atoms with Gasteiger partial charge in [0.1, 0.15) is 11.9 Å². The minimum absolute atomic E-state index is 0.151. The molecule has 0 radical (unpaired) electrons. The van der Waals surface area contributed by atoms with Crippen molar-refractivity contribution in [3.05, 3.63) is 66.8 Å². The van der Waals surface area contributed by atoms with Crippen molar-refractivity contribution in [2.45, 2.75) is 109 Å². The van der Waals surface area contributed by atoms with Crippen molar-refractivity contribution in [3.8, 4) is 5.75 Å². The minimum atomic E-state index is -3.26. The molecule has 0 amide bonds. The summed E-state index contributed by atoms with van der Waals surface area (Å²) in [6.07, 6.45) is 13.6. The maximum atomic E-state index is 14.7. The Hall–Kier alpha value is -3.00. The number of hydrogen-bond acceptors (Lipinski definition) is 6. The molecule has 0 unspecified atom stereocenters. The first-order valence-electron chi connectivity index (χ1n) is 15.8. The Labute approximate surface area is 256 Å². The number of benzene rings is 1. The number of halogens is 2. The maximum Gasteiger partial charge on any atom is 0.333 e. The molecule has 1 saturated carbocycles. The van der Waals surface area contributed by atoms with Crippen LogP contribution in [0.2, 0.25) is 0 Å². The number of hydrogen-bond donors (Lipinski definition) is 1. The molecule has 43 heavy (non-hydrogen) atoms. The third-order valence-corrected chi connectivity index (χ3v) is 7.64. The Kier molecular flexibility index (Phi) is 16.9. The van der Waals surface area contributed by atoms with Crippen LogP contribution in [0.1, 0.15) is 90.9 Å². The van der Waals surface area contributed by atoms with E-state index >= 15 is 0 Å². The summed E-state index contributed by atoms with van der Waals surface area (Å²) in [6, 6.07) is 8.39. The van der Waals surface area contributed by atoms with Crippen molar-refractivity contribution in [1.82, 2.24) is 0 Å². The SMILES string of the molecule is C=C(CCCCCCCC)C(=O)O[C@H]1C[C@@H](O)[C@H](/C=C/C(F)(F)COc2ccccc2)[C@H]1C/C=C\CCCC(=O)OCC. The van der Waals surface area contributed by atoms with Gasteiger partial charge in [0, 0.05) is 30.3 Å². The largest absolute Gasteiger partial charge is 0.487 e. The van der Waals surface area contributed by atoms with Crippen LogP contribution in [0.3, 0.4) is 0 Å². The van der Waals surface area contributed by atoms with E-state index in [9.17, 15) is 23.5 Å². The van der Waals surface area contributed by atoms with E-state index in [-0.39, 0.29) is 12.4 Å². The predicted octanol–water partition coefficient (Wildman–Crippen LogP) is 8.15. The summed E-state index contributed by atoms with van der Waals surface area (Å²) in [7, 11) is 0. The van der Waals surface area contributed by atoms with E-state index in [1.54, 1.807) is 37.3 Å². The molecule has 0 bridgehead atoms. The minimum Gasteiger partial charge on any atom is -0.487 e. The highest BCUT2D eigenvalue weighted by molar-refractivity contribution is 5.87. The standard InChI is InChI=1S/C35H50F2O6/c1-4-6-7-8-9-13-18-27(3)34(40)43-32-25-31(38)29(30(32)21-16-10-11-17-22-33(39)41-5-2)23-24-35(36,37)26-42-28-19-14-12-15-20-28/h10,12,14-16,19-20,23-24,29-32,38H,3-9,11,13,17-18,21-22,25-26H2,1-2H3/b16-10-,24-23+/t29-,30-,31-,32+/m1/s1. The molecule has 8 heteroatoms. The number of ether oxygens (including phenoxy) is 3. The average molecular weight is 605 g/mol. The number of alkyl halides is 2. The highest BCUT2D eigenvalue weighted by Crippen LogP contribution is 2.39. The van der Waals surface area contributed by atoms with Crippen LogP contribution in [0, 0.1) is 11.8 Å². The van der Waals surface area contributed by atoms with Gasteiger partial charge in [0.2, 0.25) is 0 Å². The van der Waals surface area contributed by atoms with Gasteiger partial charge in [-0.3, -0.25) is 4.79 Å². The topological polar surface area (TPSA) is 82.1 Å². The molecule has 0 saturated heterocycles. The van der Waals surface area contributed by atoms with Crippen LogP contribution in [-0.4, -0.2) is 48.4 Å². The maximum absolute atomic E-state index is 14.7. The van der Waals surface area contributed by atoms with Crippen molar-refractivity contribution in [1.29, 1.82) is 0 Å². The number of unbranched alkanes of at least 4 members (excludes halogenated alkanes) is 6. The number of aliphatic hydroxyl groups excluding tert-OH is 1. The van der Waals surface area contributed by atoms with Gasteiger partial charge in [-0.15, -0.1) is 0 Å². The highest BCUT2D eigenvalue weighted by Gasteiger charge is 2.43. The van der Waals surface area contributed by atoms with Crippen molar-refractivity contribution in [3.63, 3.8) is 0 Å². The zero-order chi connectivity index (χ0) is 31.5. The molecule has 1 aromatic rings. The molecule has 0 aromatic heterocycles. The molecular weight excluding hydrogens is 554 g/mol. The fourth-order valence-electron chi connectivity index (χ4n) is 5.23. The molecule has 1 N–H and O–H groups in total. The quantitative estimate of drug-likeness (QED) is 0.0660. The molecule has 1 aromatic carbocycles. The van der Waals surface area contributed by atoms with Crippen LogP contribution in [0.5, 0.6) is 5.75 Å². The van der Waals surface area contributed by atoms with E-state index in [1.807, 2.05) is 12.2 Å². The molecule has 0 heterocycles. The molecular formula is C35H50F2O6. The van der Waals surface area contributed by atoms with E-state index in [4.69, 9.17) is 14.2 Å². The monoisotopic (exact) mass is 604 g/mol. The Morgan fingerprint density at radius 2 is 1.74 bits per heavy atom. The molecule has 0 aliphatic heterocycles. The molecule has 2 rings (SSSR count). The summed E-state index contributed by atoms with van der Waals surface area (Å²) in [6.45, 7) is 7.35. The molecule has 1 fully saturated rings. The van der Waals surface area contributed by atoms with Gasteiger partial charge in [0.15, 0.2) is 6.61 Å². The fraction of sp³-hybridized carbons (Fsp3) is 0.600. The predicted molar refractivity (Wildman–Crippen MR) is 165 cm³/mol. The van der Waals surface area contributed by atoms with E-state index in [0.717, 1.165) is 25.3 Å². The van der Waals surface area contributed by atoms with Gasteiger partial charge in [-0.25, -0.2) is 4.79 Å². The number of allylic oxidation sites excluding steroid dienone is 2. The Balaban J connectivity index is 2.02. The molecule has 1 aliphatic rings. The van der Waals surface area contributed by atoms with Crippen LogP contribution in [-0.2, 0) is 19.1 Å². The summed E-state index contributed by atoms with van der Waals surface area (Å²) in [5.74, 6) is -4.70. The van der Waals surface area contributed by atoms with Gasteiger partial charge < -0.3 is 19.3 Å². The second-order valence-electron chi connectivity index (χ2n) is 11.2. The number of carbonyl (C=O) groups excluding carboxylic acids is 2. The Bertz CT molecular complexity index is 1020. The first-order chi connectivity index (χ1) is 20.7. The van der Waals surface area contributed by atoms with Gasteiger partial charge in [0.05, 0.1) is 12.7 Å². The van der Waals surface area contributed by atoms with Crippen molar-refractivity contribution < 1.29 is 37.7 Å². The van der Waals surface area contributed by atoms with Crippen molar-refractivity contribution in [2.75, 3.05) is 13.2 Å². The lowest BCUT2D eigenvalue weighted by Gasteiger charge is -2.23. The van der Waals surface area contributed by atoms with Gasteiger partial charge >= 0.3 is 11.9 Å². The second-order valence-corrected chi connectivity index (χ2v) is 11.2. The third kappa shape index (κ3) is 14.3. The van der Waals surface area contributed by atoms with Crippen LogP contribution in [0.25, 0.3) is 0 Å². The van der Waals surface area contributed by atoms with Gasteiger partial charge in [-0.2, -0.15) is 8.78 Å². The van der Waals surface area contributed by atoms with Crippen molar-refractivity contribution >= 4 is 11.9 Å². The molecule has 0 spiro atoms. The van der Waals surface area contributed by atoms with E-state index in [2.05, 4.69) is 13.5 Å². The first-order valence-corrected chi connectivity index (χ1v) is 15.8. The number of rotatable bonds is 21. The molecule has 1 aliphatic carbocycles. The first kappa shape index (κ1) is 36.2. The van der Waals surface area contributed by atoms with Crippen LogP contribution < -0.4 is 4.74 Å². The van der Waals surface area contributed by atoms with E-state index < -0.39 is 42.5 Å². The summed E-state index contributed by atoms with van der Waals surface area (Å²) < 4.78 is 45.4. The third-order valence-electron chi connectivity index (χ3n) is 7.64. The lowest BCUT2D eigenvalue weighted by atomic mass is 9.89. The Morgan fingerprint density at radius 3 is 2.47 bits per heavy atom. The van der Waals surface area contributed by atoms with Crippen LogP contribution in [0.4, 0.5) is 8.78 Å². The van der Waals surface area contributed by atoms with Crippen LogP contribution in [0.15, 0.2) is 66.8 Å². The molecule has 240 valence electrons. The zero-order valence-electron chi connectivity index (χ0n) is 25.9. The van der Waals surface area contributed by atoms with Crippen molar-refractivity contribution in [2.24, 2.45) is 11.8 Å². The number of esters is 2. The van der Waals surface area contributed by atoms with Crippen LogP contribution >= 0.6 is 0 Å². The number of carbonyl (C=O) groups is 2. The summed E-state index contributed by atoms with van der Waals surface area (Å²) >= 11 is 0. The molecule has 6 nitrogen and oxygen atoms in total. The summed E-state index contributed by atoms with van der Waals surface area (Å²) in [5.41, 5.74) is 0.391. The van der Waals surface area contributed by atoms with E-state index in [1.165, 1.54) is 25.3 Å². The average Bonchev–Trinajstić information content (AvgIpc) is 3.28. The highest BCUT2D eigenvalue weighted by atomic mass is 19.3. The zero-order valence-corrected chi connectivity index (χ0v) is 25.9. The lowest BCUT2D eigenvalue weighted by Crippen LogP contribution is -2.27. The summed E-state index contributed by atoms with van der Waals surface area (Å²) in [5, 5.41) is 10.9. The van der Waals surface area contributed by atoms with Gasteiger partial charge in [-0.1, -0.05) is 82.0 Å². The second kappa shape index (κ2) is 20.0. The number of para-hydroxylation sites is 1. The summed E-state index contributed by atoms with van der Waals surface area (Å²) in [4.78, 5) is 24.4. The fourth-order valence-corrected chi connectivity index (χ4v) is 5.23. The smallest absolute Gasteiger partial charge is 0.333 e. The van der Waals surface area contributed by atoms with Gasteiger partial charge in [-0.05, 0) is 57.2 Å². The molecule has 4 atom stereocenters. The van der Waals surface area contributed by atoms with Gasteiger partial charge in [0.25, 0.3) is 5.92 Å². The normalized spacial score (nSPS) is 20.5. The number of aliphatic hydroxyl groups is 1. The lowest BCUT2D eigenvalue weighted by molar-refractivity contribution is -0.146. The van der Waals surface area contributed by atoms with E-state index in [0.29, 0.717) is 50.0 Å².